The molecular weight excluding hydrogens is 469 g/mol. The first-order chi connectivity index (χ1) is 16.0. The molecule has 0 unspecified atom stereocenters. The second-order valence-electron chi connectivity index (χ2n) is 7.97. The first kappa shape index (κ1) is 23.9. The van der Waals surface area contributed by atoms with Crippen LogP contribution in [0.4, 0.5) is 0 Å². The monoisotopic (exact) mass is 497 g/mol. The Kier molecular flexibility index (Phi) is 7.80. The Labute approximate surface area is 207 Å². The Morgan fingerprint density at radius 1 is 1.06 bits per heavy atom. The number of aryl methyl sites for hydroxylation is 1. The molecule has 4 aromatic rings. The molecule has 0 amide bonds. The van der Waals surface area contributed by atoms with Gasteiger partial charge in [0.1, 0.15) is 4.70 Å². The number of nitrogens with zero attached hydrogens (tertiary/aromatic N) is 3. The number of hydrogen-bond acceptors (Lipinski definition) is 5. The topological polar surface area (TPSA) is 44.3 Å². The molecule has 0 saturated carbocycles. The highest BCUT2D eigenvalue weighted by molar-refractivity contribution is 7.98. The molecule has 0 saturated heterocycles. The number of thioether (sulfide) groups is 1. The third-order valence-corrected chi connectivity index (χ3v) is 8.39. The van der Waals surface area contributed by atoms with Crippen LogP contribution in [0.5, 0.6) is 0 Å². The summed E-state index contributed by atoms with van der Waals surface area (Å²) < 4.78 is 5.12. The van der Waals surface area contributed by atoms with E-state index in [9.17, 15) is 4.79 Å². The fraction of sp³-hybridized carbons (Fsp3) is 0.320. The van der Waals surface area contributed by atoms with E-state index in [-0.39, 0.29) is 5.56 Å². The van der Waals surface area contributed by atoms with Gasteiger partial charge in [-0.2, -0.15) is 0 Å². The summed E-state index contributed by atoms with van der Waals surface area (Å²) in [5.41, 5.74) is 3.95. The first-order valence-electron chi connectivity index (χ1n) is 11.3. The van der Waals surface area contributed by atoms with E-state index in [4.69, 9.17) is 17.2 Å². The van der Waals surface area contributed by atoms with E-state index >= 15 is 0 Å². The number of para-hydroxylation sites is 1. The minimum absolute atomic E-state index is 0.0523. The quantitative estimate of drug-likeness (QED) is 0.210. The molecule has 172 valence electrons. The summed E-state index contributed by atoms with van der Waals surface area (Å²) in [5, 5.41) is 0.693. The molecule has 0 fully saturated rings. The van der Waals surface area contributed by atoms with E-state index in [1.165, 1.54) is 27.4 Å². The molecule has 0 radical (unpaired) electrons. The number of nitrogens with one attached hydrogen (secondary N) is 1. The zero-order valence-corrected chi connectivity index (χ0v) is 21.7. The van der Waals surface area contributed by atoms with Gasteiger partial charge in [0, 0.05) is 5.75 Å². The zero-order chi connectivity index (χ0) is 23.4. The summed E-state index contributed by atoms with van der Waals surface area (Å²) in [6.07, 6.45) is 0. The van der Waals surface area contributed by atoms with Crippen LogP contribution in [0, 0.1) is 10.9 Å². The average Bonchev–Trinajstić information content (AvgIpc) is 3.15. The molecule has 1 N–H and O–H groups in total. The molecular formula is C25H29N4OS3+. The minimum atomic E-state index is -0.0523. The summed E-state index contributed by atoms with van der Waals surface area (Å²) in [6.45, 7) is 10.4. The van der Waals surface area contributed by atoms with Gasteiger partial charge in [-0.1, -0.05) is 65.6 Å². The van der Waals surface area contributed by atoms with Gasteiger partial charge in [0.15, 0.2) is 14.8 Å². The fourth-order valence-electron chi connectivity index (χ4n) is 3.86. The SMILES string of the molecule is CC[NH+](CC)CCn1c(=S)sc2c(=O)n(-c3ccccc3)c(SCc3ccccc3C)nc21. The van der Waals surface area contributed by atoms with Crippen molar-refractivity contribution in [2.45, 2.75) is 38.2 Å². The number of quaternary nitrogens is 1. The third kappa shape index (κ3) is 5.14. The van der Waals surface area contributed by atoms with E-state index in [0.29, 0.717) is 19.5 Å². The molecule has 0 bridgehead atoms. The van der Waals surface area contributed by atoms with Gasteiger partial charge < -0.3 is 9.47 Å². The fourth-order valence-corrected chi connectivity index (χ4v) is 6.26. The van der Waals surface area contributed by atoms with Crippen molar-refractivity contribution in [2.24, 2.45) is 0 Å². The Morgan fingerprint density at radius 3 is 2.45 bits per heavy atom. The molecule has 8 heteroatoms. The van der Waals surface area contributed by atoms with E-state index in [1.54, 1.807) is 16.3 Å². The van der Waals surface area contributed by atoms with Crippen molar-refractivity contribution >= 4 is 45.7 Å². The Balaban J connectivity index is 1.82. The predicted octanol–water partition coefficient (Wildman–Crippen LogP) is 4.50. The van der Waals surface area contributed by atoms with Crippen LogP contribution in [0.1, 0.15) is 25.0 Å². The summed E-state index contributed by atoms with van der Waals surface area (Å²) in [7, 11) is 0. The van der Waals surface area contributed by atoms with Crippen molar-refractivity contribution in [3.05, 3.63) is 80.0 Å². The molecule has 0 aliphatic rings. The lowest BCUT2D eigenvalue weighted by molar-refractivity contribution is -0.897. The lowest BCUT2D eigenvalue weighted by Crippen LogP contribution is -3.11. The van der Waals surface area contributed by atoms with Crippen molar-refractivity contribution < 1.29 is 4.90 Å². The summed E-state index contributed by atoms with van der Waals surface area (Å²) in [6, 6.07) is 18.1. The van der Waals surface area contributed by atoms with Crippen molar-refractivity contribution in [3.8, 4) is 5.69 Å². The standard InChI is InChI=1S/C25H28N4OS3/c1-4-27(5-2)15-16-28-22-21(33-25(28)31)23(30)29(20-13-7-6-8-14-20)24(26-22)32-17-19-12-10-9-11-18(19)3/h6-14H,4-5,15-17H2,1-3H3/p+1. The number of rotatable bonds is 9. The van der Waals surface area contributed by atoms with Gasteiger partial charge in [0.05, 0.1) is 31.9 Å². The highest BCUT2D eigenvalue weighted by Crippen LogP contribution is 2.27. The van der Waals surface area contributed by atoms with Crippen LogP contribution in [0.25, 0.3) is 16.0 Å². The van der Waals surface area contributed by atoms with Crippen LogP contribution < -0.4 is 10.5 Å². The molecule has 0 atom stereocenters. The van der Waals surface area contributed by atoms with Crippen molar-refractivity contribution in [3.63, 3.8) is 0 Å². The number of hydrogen-bond donors (Lipinski definition) is 1. The van der Waals surface area contributed by atoms with Crippen LogP contribution in [0.3, 0.4) is 0 Å². The van der Waals surface area contributed by atoms with Crippen molar-refractivity contribution in [1.82, 2.24) is 14.1 Å². The minimum Gasteiger partial charge on any atom is -0.334 e. The molecule has 0 aliphatic carbocycles. The second-order valence-corrected chi connectivity index (χ2v) is 10.6. The number of likely N-dealkylation sites (N-methyl/N-ethyl adjacent to an activating group) is 1. The summed E-state index contributed by atoms with van der Waals surface area (Å²) in [5.74, 6) is 0.742. The molecule has 4 rings (SSSR count). The summed E-state index contributed by atoms with van der Waals surface area (Å²) in [4.78, 5) is 20.2. The number of thiazole rings is 1. The van der Waals surface area contributed by atoms with Gasteiger partial charge in [-0.3, -0.25) is 9.36 Å². The average molecular weight is 498 g/mol. The van der Waals surface area contributed by atoms with E-state index in [2.05, 4.69) is 43.5 Å². The highest BCUT2D eigenvalue weighted by Gasteiger charge is 2.19. The zero-order valence-electron chi connectivity index (χ0n) is 19.2. The third-order valence-electron chi connectivity index (χ3n) is 5.98. The van der Waals surface area contributed by atoms with Gasteiger partial charge in [-0.25, -0.2) is 4.98 Å². The van der Waals surface area contributed by atoms with E-state index in [0.717, 1.165) is 37.6 Å². The van der Waals surface area contributed by atoms with Crippen molar-refractivity contribution in [1.29, 1.82) is 0 Å². The van der Waals surface area contributed by atoms with E-state index in [1.807, 2.05) is 36.4 Å². The number of aromatic nitrogens is 3. The Morgan fingerprint density at radius 2 is 1.76 bits per heavy atom. The predicted molar refractivity (Wildman–Crippen MR) is 142 cm³/mol. The van der Waals surface area contributed by atoms with Gasteiger partial charge in [-0.05, 0) is 56.2 Å². The molecule has 0 aliphatic heterocycles. The molecule has 33 heavy (non-hydrogen) atoms. The van der Waals surface area contributed by atoms with Gasteiger partial charge in [0.2, 0.25) is 0 Å². The lowest BCUT2D eigenvalue weighted by atomic mass is 10.1. The van der Waals surface area contributed by atoms with Gasteiger partial charge in [0.25, 0.3) is 5.56 Å². The number of fused-ring (bicyclic) bond motifs is 1. The molecule has 2 aromatic heterocycles. The maximum atomic E-state index is 13.7. The lowest BCUT2D eigenvalue weighted by Gasteiger charge is -2.16. The first-order valence-corrected chi connectivity index (χ1v) is 13.5. The molecule has 0 spiro atoms. The number of benzene rings is 2. The van der Waals surface area contributed by atoms with Gasteiger partial charge >= 0.3 is 0 Å². The smallest absolute Gasteiger partial charge is 0.278 e. The Hall–Kier alpha value is -2.26. The molecule has 2 heterocycles. The van der Waals surface area contributed by atoms with Crippen LogP contribution in [0.2, 0.25) is 0 Å². The highest BCUT2D eigenvalue weighted by atomic mass is 32.2. The van der Waals surface area contributed by atoms with Crippen LogP contribution in [0.15, 0.2) is 64.5 Å². The summed E-state index contributed by atoms with van der Waals surface area (Å²) >= 11 is 8.64. The van der Waals surface area contributed by atoms with Crippen LogP contribution in [-0.4, -0.2) is 33.8 Å². The van der Waals surface area contributed by atoms with Gasteiger partial charge in [-0.15, -0.1) is 0 Å². The van der Waals surface area contributed by atoms with Crippen LogP contribution in [-0.2, 0) is 12.3 Å². The largest absolute Gasteiger partial charge is 0.334 e. The van der Waals surface area contributed by atoms with E-state index < -0.39 is 0 Å². The normalized spacial score (nSPS) is 11.5. The van der Waals surface area contributed by atoms with Crippen LogP contribution >= 0.6 is 35.3 Å². The molecule has 2 aromatic carbocycles. The maximum absolute atomic E-state index is 13.7. The second kappa shape index (κ2) is 10.8. The Bertz CT molecular complexity index is 1350. The maximum Gasteiger partial charge on any atom is 0.278 e. The molecule has 5 nitrogen and oxygen atoms in total. The van der Waals surface area contributed by atoms with Crippen molar-refractivity contribution in [2.75, 3.05) is 19.6 Å².